The largest absolute Gasteiger partial charge is 0.322 e. The van der Waals surface area contributed by atoms with Crippen molar-refractivity contribution < 1.29 is 97.4 Å². The molecule has 0 amide bonds. The summed E-state index contributed by atoms with van der Waals surface area (Å²) in [5, 5.41) is 14.3. The molecule has 0 aromatic carbocycles. The van der Waals surface area contributed by atoms with Gasteiger partial charge in [0.05, 0.1) is 0 Å². The SMILES string of the molecule is O=[N+]([O-])OO.[Eu].[Y]. The van der Waals surface area contributed by atoms with Crippen LogP contribution in [0.25, 0.3) is 0 Å². The molecule has 0 bridgehead atoms. The van der Waals surface area contributed by atoms with E-state index in [0.29, 0.717) is 0 Å². The van der Waals surface area contributed by atoms with Crippen LogP contribution < -0.4 is 0 Å². The first-order valence-electron chi connectivity index (χ1n) is 0.730. The van der Waals surface area contributed by atoms with Crippen LogP contribution in [0, 0.1) is 59.5 Å². The zero-order chi connectivity index (χ0) is 4.28. The second-order valence-corrected chi connectivity index (χ2v) is 0.305. The molecule has 0 aliphatic carbocycles. The number of rotatable bonds is 1. The molecule has 0 aliphatic heterocycles. The molecule has 0 fully saturated rings. The third-order valence-electron chi connectivity index (χ3n) is 0.0667. The Bertz CT molecular complexity index is 47.0. The Hall–Kier alpha value is 1.85. The van der Waals surface area contributed by atoms with E-state index >= 15 is 0 Å². The van der Waals surface area contributed by atoms with Crippen LogP contribution in [-0.2, 0) is 37.7 Å². The van der Waals surface area contributed by atoms with E-state index in [2.05, 4.69) is 4.99 Å². The Balaban J connectivity index is -0.0000000800. The van der Waals surface area contributed by atoms with Crippen LogP contribution in [0.15, 0.2) is 0 Å². The van der Waals surface area contributed by atoms with Crippen LogP contribution in [-0.4, -0.2) is 10.3 Å². The van der Waals surface area contributed by atoms with Gasteiger partial charge >= 0.3 is 5.09 Å². The first-order chi connectivity index (χ1) is 2.27. The van der Waals surface area contributed by atoms with Gasteiger partial charge in [-0.05, 0) is 0 Å². The Kier molecular flexibility index (Phi) is 24.5. The Labute approximate surface area is 105 Å². The second kappa shape index (κ2) is 10.8. The van der Waals surface area contributed by atoms with Crippen molar-refractivity contribution in [3.8, 4) is 0 Å². The average molecular weight is 320 g/mol. The van der Waals surface area contributed by atoms with Crippen LogP contribution in [0.5, 0.6) is 0 Å². The van der Waals surface area contributed by atoms with Crippen molar-refractivity contribution >= 4 is 0 Å². The zero-order valence-electron chi connectivity index (χ0n) is 3.07. The Morgan fingerprint density at radius 1 is 1.71 bits per heavy atom. The first kappa shape index (κ1) is 15.9. The van der Waals surface area contributed by atoms with Crippen molar-refractivity contribution in [2.45, 2.75) is 0 Å². The summed E-state index contributed by atoms with van der Waals surface area (Å²) in [5.74, 6) is 0. The van der Waals surface area contributed by atoms with Gasteiger partial charge in [0.2, 0.25) is 0 Å². The molecule has 0 aliphatic rings. The Morgan fingerprint density at radius 2 is 1.86 bits per heavy atom. The summed E-state index contributed by atoms with van der Waals surface area (Å²) in [7, 11) is 0. The van der Waals surface area contributed by atoms with Gasteiger partial charge in [-0.15, -0.1) is 15.1 Å². The fourth-order valence-corrected chi connectivity index (χ4v) is 0. The van der Waals surface area contributed by atoms with Gasteiger partial charge < -0.3 is 0 Å². The third-order valence-corrected chi connectivity index (χ3v) is 0.0667. The van der Waals surface area contributed by atoms with Crippen molar-refractivity contribution in [1.82, 2.24) is 0 Å². The van der Waals surface area contributed by atoms with Crippen molar-refractivity contribution in [3.05, 3.63) is 10.1 Å². The number of hydrogen-bond acceptors (Lipinski definition) is 4. The van der Waals surface area contributed by atoms with E-state index in [1.165, 1.54) is 0 Å². The molecule has 5 nitrogen and oxygen atoms in total. The molecular formula is HEuNO4Y. The molecule has 0 aromatic rings. The minimum absolute atomic E-state index is 0. The molecular weight excluding hydrogens is 319 g/mol. The maximum Gasteiger partial charge on any atom is 0.322 e. The molecule has 1 N–H and O–H groups in total. The van der Waals surface area contributed by atoms with E-state index in [1.807, 2.05) is 0 Å². The molecule has 0 saturated carbocycles. The molecule has 2 radical (unpaired) electrons. The van der Waals surface area contributed by atoms with E-state index < -0.39 is 5.09 Å². The first-order valence-corrected chi connectivity index (χ1v) is 0.730. The molecule has 0 aromatic heterocycles. The number of hydrogen-bond donors (Lipinski definition) is 1. The van der Waals surface area contributed by atoms with Crippen molar-refractivity contribution in [2.75, 3.05) is 0 Å². The average Bonchev–Trinajstić information content (AvgIpc) is 1.38. The van der Waals surface area contributed by atoms with Crippen LogP contribution in [0.4, 0.5) is 0 Å². The summed E-state index contributed by atoms with van der Waals surface area (Å²) < 4.78 is 0. The van der Waals surface area contributed by atoms with Gasteiger partial charge in [-0.25, -0.2) is 5.26 Å². The van der Waals surface area contributed by atoms with Gasteiger partial charge in [0.15, 0.2) is 0 Å². The van der Waals surface area contributed by atoms with E-state index in [-0.39, 0.29) is 82.1 Å². The minimum atomic E-state index is -1.32. The van der Waals surface area contributed by atoms with Crippen LogP contribution in [0.1, 0.15) is 0 Å². The predicted molar refractivity (Wildman–Crippen MR) is 10.7 cm³/mol. The van der Waals surface area contributed by atoms with Gasteiger partial charge in [-0.3, -0.25) is 0 Å². The smallest absolute Gasteiger partial charge is 0.214 e. The summed E-state index contributed by atoms with van der Waals surface area (Å²) in [6, 6.07) is 0. The molecule has 7 heteroatoms. The van der Waals surface area contributed by atoms with Crippen molar-refractivity contribution in [3.63, 3.8) is 0 Å². The van der Waals surface area contributed by atoms with Crippen molar-refractivity contribution in [1.29, 1.82) is 0 Å². The third kappa shape index (κ3) is 18.1. The topological polar surface area (TPSA) is 72.6 Å². The van der Waals surface area contributed by atoms with Gasteiger partial charge in [0, 0.05) is 82.1 Å². The monoisotopic (exact) mass is 321 g/mol. The van der Waals surface area contributed by atoms with Gasteiger partial charge in [0.25, 0.3) is 0 Å². The molecule has 0 atom stereocenters. The summed E-state index contributed by atoms with van der Waals surface area (Å²) in [6.07, 6.45) is 0. The Morgan fingerprint density at radius 3 is 1.86 bits per heavy atom. The van der Waals surface area contributed by atoms with Crippen LogP contribution in [0.2, 0.25) is 0 Å². The predicted octanol–water partition coefficient (Wildman–Crippen LogP) is -0.335. The zero-order valence-corrected chi connectivity index (χ0v) is 8.34. The molecule has 0 unspecified atom stereocenters. The minimum Gasteiger partial charge on any atom is -0.214 e. The van der Waals surface area contributed by atoms with Crippen LogP contribution >= 0.6 is 0 Å². The van der Waals surface area contributed by atoms with E-state index in [0.717, 1.165) is 0 Å². The summed E-state index contributed by atoms with van der Waals surface area (Å²) in [4.78, 5) is 11.2. The fraction of sp³-hybridized carbons (Fsp3) is 0. The fourth-order valence-electron chi connectivity index (χ4n) is 0. The number of nitrogens with zero attached hydrogens (tertiary/aromatic N) is 1. The normalized spacial score (nSPS) is 4.71. The maximum atomic E-state index is 8.70. The quantitative estimate of drug-likeness (QED) is 0.408. The summed E-state index contributed by atoms with van der Waals surface area (Å²) >= 11 is 0. The van der Waals surface area contributed by atoms with E-state index in [4.69, 9.17) is 15.4 Å². The molecule has 40 valence electrons. The standard InChI is InChI=1S/Eu.HNO4.Y/c;2-1(3)5-4;/h;4H;. The van der Waals surface area contributed by atoms with Gasteiger partial charge in [-0.1, -0.05) is 0 Å². The molecule has 0 heterocycles. The van der Waals surface area contributed by atoms with Crippen molar-refractivity contribution in [2.24, 2.45) is 0 Å². The van der Waals surface area contributed by atoms with Gasteiger partial charge in [0.1, 0.15) is 0 Å². The summed E-state index contributed by atoms with van der Waals surface area (Å²) in [6.45, 7) is 0. The maximum absolute atomic E-state index is 8.70. The molecule has 0 rings (SSSR count). The van der Waals surface area contributed by atoms with Gasteiger partial charge in [-0.2, -0.15) is 0 Å². The molecule has 0 spiro atoms. The molecule has 7 heavy (non-hydrogen) atoms. The van der Waals surface area contributed by atoms with E-state index in [9.17, 15) is 0 Å². The summed E-state index contributed by atoms with van der Waals surface area (Å²) in [5.41, 5.74) is 0. The van der Waals surface area contributed by atoms with E-state index in [1.54, 1.807) is 0 Å². The molecule has 0 saturated heterocycles. The second-order valence-electron chi connectivity index (χ2n) is 0.305. The van der Waals surface area contributed by atoms with Crippen LogP contribution in [0.3, 0.4) is 0 Å².